The Hall–Kier alpha value is -0.800. The Morgan fingerprint density at radius 2 is 2.10 bits per heavy atom. The summed E-state index contributed by atoms with van der Waals surface area (Å²) in [6, 6.07) is 4.76. The largest absolute Gasteiger partial charge is 0.343 e. The van der Waals surface area contributed by atoms with E-state index in [1.807, 2.05) is 0 Å². The molecule has 0 bridgehead atoms. The van der Waals surface area contributed by atoms with E-state index in [1.165, 1.54) is 45.0 Å². The second-order valence-electron chi connectivity index (χ2n) is 6.32. The molecule has 0 saturated heterocycles. The lowest BCUT2D eigenvalue weighted by molar-refractivity contribution is 0.506. The highest BCUT2D eigenvalue weighted by molar-refractivity contribution is 9.10. The van der Waals surface area contributed by atoms with Crippen molar-refractivity contribution in [1.82, 2.24) is 4.57 Å². The Morgan fingerprint density at radius 3 is 2.75 bits per heavy atom. The molecular weight excluding hydrogens is 312 g/mol. The van der Waals surface area contributed by atoms with E-state index in [2.05, 4.69) is 53.4 Å². The van der Waals surface area contributed by atoms with Crippen molar-refractivity contribution < 1.29 is 0 Å². The Kier molecular flexibility index (Phi) is 3.67. The first-order valence-corrected chi connectivity index (χ1v) is 8.35. The van der Waals surface area contributed by atoms with Crippen LogP contribution in [0.3, 0.4) is 0 Å². The highest BCUT2D eigenvalue weighted by atomic mass is 79.9. The zero-order chi connectivity index (χ0) is 14.4. The van der Waals surface area contributed by atoms with Crippen LogP contribution in [0.1, 0.15) is 43.0 Å². The molecule has 0 saturated carbocycles. The molecule has 0 spiro atoms. The van der Waals surface area contributed by atoms with Gasteiger partial charge >= 0.3 is 0 Å². The second-order valence-corrected chi connectivity index (χ2v) is 7.11. The normalized spacial score (nSPS) is 16.1. The molecule has 0 amide bonds. The lowest BCUT2D eigenvalue weighted by atomic mass is 9.86. The highest BCUT2D eigenvalue weighted by Crippen LogP contribution is 2.38. The number of nitrogens with two attached hydrogens (primary N) is 1. The molecule has 2 aromatic rings. The Labute approximate surface area is 129 Å². The van der Waals surface area contributed by atoms with E-state index in [0.29, 0.717) is 11.8 Å². The fourth-order valence-corrected chi connectivity index (χ4v) is 4.11. The van der Waals surface area contributed by atoms with Crippen molar-refractivity contribution in [2.45, 2.75) is 46.1 Å². The van der Waals surface area contributed by atoms with Gasteiger partial charge in [-0.05, 0) is 71.3 Å². The molecule has 2 nitrogen and oxygen atoms in total. The van der Waals surface area contributed by atoms with E-state index < -0.39 is 0 Å². The van der Waals surface area contributed by atoms with Crippen LogP contribution in [0.5, 0.6) is 0 Å². The molecule has 0 aliphatic carbocycles. The molecule has 3 rings (SSSR count). The first kappa shape index (κ1) is 14.2. The van der Waals surface area contributed by atoms with Crippen LogP contribution >= 0.6 is 15.9 Å². The molecule has 0 fully saturated rings. The fourth-order valence-electron chi connectivity index (χ4n) is 3.59. The zero-order valence-corrected chi connectivity index (χ0v) is 14.1. The SMILES string of the molecule is Cc1c(Br)c2cc(C(CN)C(C)C)cc3c2n1CCC3. The van der Waals surface area contributed by atoms with Gasteiger partial charge < -0.3 is 10.3 Å². The van der Waals surface area contributed by atoms with Gasteiger partial charge in [-0.2, -0.15) is 0 Å². The molecule has 2 heterocycles. The monoisotopic (exact) mass is 334 g/mol. The van der Waals surface area contributed by atoms with Gasteiger partial charge in [0.1, 0.15) is 0 Å². The van der Waals surface area contributed by atoms with Gasteiger partial charge in [-0.1, -0.05) is 19.9 Å². The maximum atomic E-state index is 6.01. The van der Waals surface area contributed by atoms with E-state index in [0.717, 1.165) is 13.1 Å². The Morgan fingerprint density at radius 1 is 1.35 bits per heavy atom. The van der Waals surface area contributed by atoms with E-state index in [9.17, 15) is 0 Å². The number of rotatable bonds is 3. The summed E-state index contributed by atoms with van der Waals surface area (Å²) in [5.41, 5.74) is 11.7. The Balaban J connectivity index is 2.26. The number of aryl methyl sites for hydroxylation is 2. The van der Waals surface area contributed by atoms with Crippen LogP contribution in [0.2, 0.25) is 0 Å². The van der Waals surface area contributed by atoms with Gasteiger partial charge in [-0.3, -0.25) is 0 Å². The van der Waals surface area contributed by atoms with Crippen molar-refractivity contribution in [1.29, 1.82) is 0 Å². The molecule has 20 heavy (non-hydrogen) atoms. The van der Waals surface area contributed by atoms with Crippen LogP contribution in [0.4, 0.5) is 0 Å². The summed E-state index contributed by atoms with van der Waals surface area (Å²) in [6.07, 6.45) is 2.43. The molecule has 1 aliphatic heterocycles. The topological polar surface area (TPSA) is 30.9 Å². The van der Waals surface area contributed by atoms with Crippen LogP contribution in [0, 0.1) is 12.8 Å². The summed E-state index contributed by atoms with van der Waals surface area (Å²) in [5.74, 6) is 1.03. The van der Waals surface area contributed by atoms with E-state index in [-0.39, 0.29) is 0 Å². The van der Waals surface area contributed by atoms with Crippen LogP contribution in [-0.4, -0.2) is 11.1 Å². The third-order valence-electron chi connectivity index (χ3n) is 4.75. The Bertz CT molecular complexity index is 655. The van der Waals surface area contributed by atoms with Crippen LogP contribution in [-0.2, 0) is 13.0 Å². The van der Waals surface area contributed by atoms with Gasteiger partial charge in [-0.15, -0.1) is 0 Å². The third-order valence-corrected chi connectivity index (χ3v) is 5.76. The van der Waals surface area contributed by atoms with Gasteiger partial charge in [-0.25, -0.2) is 0 Å². The maximum absolute atomic E-state index is 6.01. The number of nitrogens with zero attached hydrogens (tertiary/aromatic N) is 1. The van der Waals surface area contributed by atoms with E-state index >= 15 is 0 Å². The molecule has 1 atom stereocenters. The number of benzene rings is 1. The average molecular weight is 335 g/mol. The van der Waals surface area contributed by atoms with Gasteiger partial charge in [0.25, 0.3) is 0 Å². The zero-order valence-electron chi connectivity index (χ0n) is 12.5. The van der Waals surface area contributed by atoms with E-state index in [4.69, 9.17) is 5.73 Å². The van der Waals surface area contributed by atoms with Crippen LogP contribution in [0.15, 0.2) is 16.6 Å². The van der Waals surface area contributed by atoms with Crippen molar-refractivity contribution in [2.24, 2.45) is 11.7 Å². The van der Waals surface area contributed by atoms with Crippen LogP contribution < -0.4 is 5.73 Å². The van der Waals surface area contributed by atoms with Gasteiger partial charge in [0.15, 0.2) is 0 Å². The molecule has 0 radical (unpaired) electrons. The van der Waals surface area contributed by atoms with Crippen molar-refractivity contribution in [3.05, 3.63) is 33.4 Å². The van der Waals surface area contributed by atoms with Crippen molar-refractivity contribution >= 4 is 26.8 Å². The minimum absolute atomic E-state index is 0.452. The summed E-state index contributed by atoms with van der Waals surface area (Å²) in [6.45, 7) is 8.60. The molecule has 2 N–H and O–H groups in total. The highest BCUT2D eigenvalue weighted by Gasteiger charge is 2.22. The predicted molar refractivity (Wildman–Crippen MR) is 89.3 cm³/mol. The molecular formula is C17H23BrN2. The predicted octanol–water partition coefficient (Wildman–Crippen LogP) is 4.36. The lowest BCUT2D eigenvalue weighted by Gasteiger charge is -2.23. The summed E-state index contributed by atoms with van der Waals surface area (Å²) in [4.78, 5) is 0. The first-order valence-electron chi connectivity index (χ1n) is 7.55. The summed E-state index contributed by atoms with van der Waals surface area (Å²) in [7, 11) is 0. The smallest absolute Gasteiger partial charge is 0.0526 e. The lowest BCUT2D eigenvalue weighted by Crippen LogP contribution is -2.18. The molecule has 1 aromatic carbocycles. The van der Waals surface area contributed by atoms with Crippen LogP contribution in [0.25, 0.3) is 10.9 Å². The second kappa shape index (κ2) is 5.19. The number of halogens is 1. The number of hydrogen-bond donors (Lipinski definition) is 1. The van der Waals surface area contributed by atoms with Gasteiger partial charge in [0.05, 0.1) is 5.52 Å². The summed E-state index contributed by atoms with van der Waals surface area (Å²) in [5, 5.41) is 1.37. The number of hydrogen-bond acceptors (Lipinski definition) is 1. The quantitative estimate of drug-likeness (QED) is 0.888. The minimum atomic E-state index is 0.452. The van der Waals surface area contributed by atoms with Crippen molar-refractivity contribution in [2.75, 3.05) is 6.54 Å². The third kappa shape index (κ3) is 2.03. The maximum Gasteiger partial charge on any atom is 0.0526 e. The summed E-state index contributed by atoms with van der Waals surface area (Å²) >= 11 is 3.79. The van der Waals surface area contributed by atoms with Gasteiger partial charge in [0, 0.05) is 22.1 Å². The van der Waals surface area contributed by atoms with Crippen molar-refractivity contribution in [3.63, 3.8) is 0 Å². The molecule has 1 unspecified atom stereocenters. The van der Waals surface area contributed by atoms with Crippen molar-refractivity contribution in [3.8, 4) is 0 Å². The van der Waals surface area contributed by atoms with Gasteiger partial charge in [0.2, 0.25) is 0 Å². The fraction of sp³-hybridized carbons (Fsp3) is 0.529. The van der Waals surface area contributed by atoms with E-state index in [1.54, 1.807) is 0 Å². The molecule has 108 valence electrons. The summed E-state index contributed by atoms with van der Waals surface area (Å²) < 4.78 is 3.73. The average Bonchev–Trinajstić information content (AvgIpc) is 2.67. The molecule has 1 aliphatic rings. The molecule has 3 heteroatoms. The minimum Gasteiger partial charge on any atom is -0.343 e. The first-order chi connectivity index (χ1) is 9.54. The number of aromatic nitrogens is 1. The standard InChI is InChI=1S/C17H23BrN2/c1-10(2)15(9-19)13-7-12-5-4-6-20-11(3)16(18)14(8-13)17(12)20/h7-8,10,15H,4-6,9,19H2,1-3H3. The molecule has 1 aromatic heterocycles.